The van der Waals surface area contributed by atoms with Gasteiger partial charge in [-0.2, -0.15) is 0 Å². The van der Waals surface area contributed by atoms with Crippen LogP contribution in [0, 0.1) is 5.41 Å². The summed E-state index contributed by atoms with van der Waals surface area (Å²) < 4.78 is 0. The van der Waals surface area contributed by atoms with Crippen molar-refractivity contribution in [1.29, 1.82) is 0 Å². The van der Waals surface area contributed by atoms with Crippen LogP contribution in [0.1, 0.15) is 19.8 Å². The summed E-state index contributed by atoms with van der Waals surface area (Å²) in [5.74, 6) is 0.0984. The van der Waals surface area contributed by atoms with Gasteiger partial charge in [0.1, 0.15) is 0 Å². The molecule has 0 bridgehead atoms. The summed E-state index contributed by atoms with van der Waals surface area (Å²) in [6.07, 6.45) is 1.76. The molecule has 0 spiro atoms. The fourth-order valence-corrected chi connectivity index (χ4v) is 2.15. The van der Waals surface area contributed by atoms with Gasteiger partial charge in [-0.1, -0.05) is 18.5 Å². The Morgan fingerprint density at radius 1 is 1.28 bits per heavy atom. The summed E-state index contributed by atoms with van der Waals surface area (Å²) in [5, 5.41) is 6.90. The Labute approximate surface area is 119 Å². The Kier molecular flexibility index (Phi) is 5.45. The van der Waals surface area contributed by atoms with Gasteiger partial charge in [0, 0.05) is 16.1 Å². The zero-order chi connectivity index (χ0) is 12.3. The molecule has 1 aliphatic heterocycles. The van der Waals surface area contributed by atoms with Crippen LogP contribution in [0.25, 0.3) is 0 Å². The number of benzene rings is 1. The third-order valence-corrected chi connectivity index (χ3v) is 3.61. The highest BCUT2D eigenvalue weighted by molar-refractivity contribution is 6.30. The molecule has 100 valence electrons. The summed E-state index contributed by atoms with van der Waals surface area (Å²) in [6.45, 7) is 3.84. The van der Waals surface area contributed by atoms with Gasteiger partial charge in [0.05, 0.1) is 0 Å². The van der Waals surface area contributed by atoms with Crippen molar-refractivity contribution >= 4 is 35.6 Å². The van der Waals surface area contributed by atoms with E-state index in [1.54, 1.807) is 12.1 Å². The molecule has 0 unspecified atom stereocenters. The second kappa shape index (κ2) is 6.41. The van der Waals surface area contributed by atoms with Crippen molar-refractivity contribution in [3.8, 4) is 0 Å². The fraction of sp³-hybridized carbons (Fsp3) is 0.462. The second-order valence-corrected chi connectivity index (χ2v) is 5.21. The SMILES string of the molecule is CC1(C(=O)Nc2ccc(Cl)cc2)CCNCC1.Cl. The molecule has 5 heteroatoms. The van der Waals surface area contributed by atoms with Gasteiger partial charge in [-0.3, -0.25) is 4.79 Å². The molecular formula is C13H18Cl2N2O. The van der Waals surface area contributed by atoms with E-state index < -0.39 is 0 Å². The number of anilines is 1. The Balaban J connectivity index is 0.00000162. The molecule has 1 amide bonds. The quantitative estimate of drug-likeness (QED) is 0.878. The van der Waals surface area contributed by atoms with E-state index in [0.717, 1.165) is 31.6 Å². The molecule has 1 heterocycles. The van der Waals surface area contributed by atoms with E-state index in [1.165, 1.54) is 0 Å². The molecule has 2 N–H and O–H groups in total. The zero-order valence-electron chi connectivity index (χ0n) is 10.3. The number of amides is 1. The van der Waals surface area contributed by atoms with Crippen molar-refractivity contribution in [1.82, 2.24) is 5.32 Å². The van der Waals surface area contributed by atoms with Gasteiger partial charge in [0.25, 0.3) is 0 Å². The summed E-state index contributed by atoms with van der Waals surface area (Å²) in [4.78, 5) is 12.2. The van der Waals surface area contributed by atoms with Gasteiger partial charge in [0.15, 0.2) is 0 Å². The van der Waals surface area contributed by atoms with Crippen LogP contribution in [0.2, 0.25) is 5.02 Å². The third-order valence-electron chi connectivity index (χ3n) is 3.36. The van der Waals surface area contributed by atoms with Gasteiger partial charge < -0.3 is 10.6 Å². The first-order valence-electron chi connectivity index (χ1n) is 5.88. The van der Waals surface area contributed by atoms with E-state index in [0.29, 0.717) is 5.02 Å². The van der Waals surface area contributed by atoms with Gasteiger partial charge in [-0.05, 0) is 50.2 Å². The van der Waals surface area contributed by atoms with Crippen LogP contribution in [-0.2, 0) is 4.79 Å². The lowest BCUT2D eigenvalue weighted by atomic mass is 9.80. The maximum Gasteiger partial charge on any atom is 0.230 e. The van der Waals surface area contributed by atoms with Gasteiger partial charge in [0.2, 0.25) is 5.91 Å². The van der Waals surface area contributed by atoms with Crippen molar-refractivity contribution in [3.05, 3.63) is 29.3 Å². The second-order valence-electron chi connectivity index (χ2n) is 4.77. The van der Waals surface area contributed by atoms with Gasteiger partial charge >= 0.3 is 0 Å². The molecule has 1 fully saturated rings. The molecule has 0 saturated carbocycles. The van der Waals surface area contributed by atoms with Crippen LogP contribution < -0.4 is 10.6 Å². The van der Waals surface area contributed by atoms with Crippen molar-refractivity contribution in [2.24, 2.45) is 5.41 Å². The third kappa shape index (κ3) is 3.61. The minimum absolute atomic E-state index is 0. The highest BCUT2D eigenvalue weighted by atomic mass is 35.5. The van der Waals surface area contributed by atoms with Crippen LogP contribution in [-0.4, -0.2) is 19.0 Å². The first-order chi connectivity index (χ1) is 8.10. The molecule has 18 heavy (non-hydrogen) atoms. The Bertz CT molecular complexity index is 400. The largest absolute Gasteiger partial charge is 0.326 e. The number of hydrogen-bond acceptors (Lipinski definition) is 2. The number of rotatable bonds is 2. The normalized spacial score (nSPS) is 17.7. The molecule has 1 aromatic rings. The molecular weight excluding hydrogens is 271 g/mol. The van der Waals surface area contributed by atoms with Crippen LogP contribution in [0.4, 0.5) is 5.69 Å². The topological polar surface area (TPSA) is 41.1 Å². The monoisotopic (exact) mass is 288 g/mol. The maximum absolute atomic E-state index is 12.2. The first-order valence-corrected chi connectivity index (χ1v) is 6.26. The van der Waals surface area contributed by atoms with Crippen molar-refractivity contribution in [3.63, 3.8) is 0 Å². The molecule has 1 aliphatic rings. The predicted octanol–water partition coefficient (Wildman–Crippen LogP) is 3.09. The standard InChI is InChI=1S/C13H17ClN2O.ClH/c1-13(6-8-15-9-7-13)12(17)16-11-4-2-10(14)3-5-11;/h2-5,15H,6-9H2,1H3,(H,16,17);1H. The number of carbonyl (C=O) groups excluding carboxylic acids is 1. The number of piperidine rings is 1. The van der Waals surface area contributed by atoms with Crippen molar-refractivity contribution < 1.29 is 4.79 Å². The first kappa shape index (κ1) is 15.3. The average Bonchev–Trinajstić information content (AvgIpc) is 2.33. The van der Waals surface area contributed by atoms with E-state index in [4.69, 9.17) is 11.6 Å². The maximum atomic E-state index is 12.2. The summed E-state index contributed by atoms with van der Waals surface area (Å²) in [5.41, 5.74) is 0.546. The summed E-state index contributed by atoms with van der Waals surface area (Å²) in [6, 6.07) is 7.21. The molecule has 2 rings (SSSR count). The van der Waals surface area contributed by atoms with Crippen molar-refractivity contribution in [2.75, 3.05) is 18.4 Å². The summed E-state index contributed by atoms with van der Waals surface area (Å²) in [7, 11) is 0. The van der Waals surface area contributed by atoms with Crippen LogP contribution in [0.15, 0.2) is 24.3 Å². The lowest BCUT2D eigenvalue weighted by Gasteiger charge is -2.32. The predicted molar refractivity (Wildman–Crippen MR) is 77.5 cm³/mol. The Morgan fingerprint density at radius 2 is 1.83 bits per heavy atom. The zero-order valence-corrected chi connectivity index (χ0v) is 11.9. The van der Waals surface area contributed by atoms with E-state index in [2.05, 4.69) is 10.6 Å². The Morgan fingerprint density at radius 3 is 2.39 bits per heavy atom. The molecule has 0 aromatic heterocycles. The number of carbonyl (C=O) groups is 1. The van der Waals surface area contributed by atoms with Crippen LogP contribution >= 0.6 is 24.0 Å². The van der Waals surface area contributed by atoms with E-state index in [1.807, 2.05) is 19.1 Å². The minimum atomic E-state index is -0.259. The van der Waals surface area contributed by atoms with E-state index in [-0.39, 0.29) is 23.7 Å². The van der Waals surface area contributed by atoms with E-state index >= 15 is 0 Å². The van der Waals surface area contributed by atoms with Crippen LogP contribution in [0.5, 0.6) is 0 Å². The Hall–Kier alpha value is -0.770. The highest BCUT2D eigenvalue weighted by Crippen LogP contribution is 2.29. The molecule has 0 atom stereocenters. The molecule has 0 radical (unpaired) electrons. The lowest BCUT2D eigenvalue weighted by Crippen LogP contribution is -2.42. The number of halogens is 2. The van der Waals surface area contributed by atoms with Crippen LogP contribution in [0.3, 0.4) is 0 Å². The van der Waals surface area contributed by atoms with Gasteiger partial charge in [-0.15, -0.1) is 12.4 Å². The number of hydrogen-bond donors (Lipinski definition) is 2. The smallest absolute Gasteiger partial charge is 0.230 e. The lowest BCUT2D eigenvalue weighted by molar-refractivity contribution is -0.126. The molecule has 1 saturated heterocycles. The average molecular weight is 289 g/mol. The molecule has 1 aromatic carbocycles. The highest BCUT2D eigenvalue weighted by Gasteiger charge is 2.34. The van der Waals surface area contributed by atoms with Crippen molar-refractivity contribution in [2.45, 2.75) is 19.8 Å². The minimum Gasteiger partial charge on any atom is -0.326 e. The van der Waals surface area contributed by atoms with E-state index in [9.17, 15) is 4.79 Å². The fourth-order valence-electron chi connectivity index (χ4n) is 2.02. The van der Waals surface area contributed by atoms with Gasteiger partial charge in [-0.25, -0.2) is 0 Å². The number of nitrogens with one attached hydrogen (secondary N) is 2. The molecule has 0 aliphatic carbocycles. The molecule has 3 nitrogen and oxygen atoms in total. The summed E-state index contributed by atoms with van der Waals surface area (Å²) >= 11 is 5.80.